The molecule has 0 radical (unpaired) electrons. The van der Waals surface area contributed by atoms with Gasteiger partial charge in [0.2, 0.25) is 5.90 Å². The van der Waals surface area contributed by atoms with E-state index in [0.29, 0.717) is 24.7 Å². The number of benzene rings is 3. The van der Waals surface area contributed by atoms with Crippen molar-refractivity contribution in [2.24, 2.45) is 4.99 Å². The molecule has 3 aromatic rings. The van der Waals surface area contributed by atoms with Crippen molar-refractivity contribution in [3.05, 3.63) is 97.6 Å². The summed E-state index contributed by atoms with van der Waals surface area (Å²) >= 11 is 6.98. The number of nitrogens with zero attached hydrogens (tertiary/aromatic N) is 1. The zero-order valence-electron chi connectivity index (χ0n) is 18.1. The van der Waals surface area contributed by atoms with Gasteiger partial charge in [0, 0.05) is 10.0 Å². The van der Waals surface area contributed by atoms with Crippen molar-refractivity contribution >= 4 is 49.8 Å². The van der Waals surface area contributed by atoms with E-state index in [1.165, 1.54) is 5.56 Å². The first-order valence-corrected chi connectivity index (χ1v) is 11.9. The van der Waals surface area contributed by atoms with Crippen LogP contribution >= 0.6 is 31.9 Å². The number of carbonyl (C=O) groups is 1. The van der Waals surface area contributed by atoms with E-state index in [1.807, 2.05) is 68.4 Å². The number of cyclic esters (lactones) is 1. The third-order valence-electron chi connectivity index (χ3n) is 4.81. The van der Waals surface area contributed by atoms with E-state index in [1.54, 1.807) is 6.08 Å². The van der Waals surface area contributed by atoms with Gasteiger partial charge < -0.3 is 14.2 Å². The minimum Gasteiger partial charge on any atom is -0.490 e. The molecule has 0 amide bonds. The largest absolute Gasteiger partial charge is 0.490 e. The van der Waals surface area contributed by atoms with Crippen LogP contribution in [0, 0.1) is 6.92 Å². The average molecular weight is 571 g/mol. The monoisotopic (exact) mass is 569 g/mol. The number of halogens is 2. The van der Waals surface area contributed by atoms with Crippen LogP contribution in [0.15, 0.2) is 80.3 Å². The van der Waals surface area contributed by atoms with Gasteiger partial charge in [-0.25, -0.2) is 9.79 Å². The highest BCUT2D eigenvalue weighted by molar-refractivity contribution is 9.10. The summed E-state index contributed by atoms with van der Waals surface area (Å²) in [5, 5.41) is 0. The molecule has 4 rings (SSSR count). The first-order valence-electron chi connectivity index (χ1n) is 10.4. The molecule has 0 saturated heterocycles. The van der Waals surface area contributed by atoms with Crippen LogP contribution in [-0.2, 0) is 16.1 Å². The lowest BCUT2D eigenvalue weighted by molar-refractivity contribution is -0.129. The van der Waals surface area contributed by atoms with Crippen molar-refractivity contribution < 1.29 is 19.0 Å². The van der Waals surface area contributed by atoms with Gasteiger partial charge in [0.25, 0.3) is 0 Å². The fraction of sp³-hybridized carbons (Fsp3) is 0.154. The summed E-state index contributed by atoms with van der Waals surface area (Å²) in [6.07, 6.45) is 1.67. The summed E-state index contributed by atoms with van der Waals surface area (Å²) in [5.41, 5.74) is 3.93. The van der Waals surface area contributed by atoms with Gasteiger partial charge in [0.15, 0.2) is 17.2 Å². The molecule has 1 heterocycles. The molecule has 3 aromatic carbocycles. The van der Waals surface area contributed by atoms with Crippen LogP contribution in [0.5, 0.6) is 11.5 Å². The second kappa shape index (κ2) is 10.4. The van der Waals surface area contributed by atoms with Gasteiger partial charge in [0.05, 0.1) is 11.1 Å². The van der Waals surface area contributed by atoms with E-state index in [4.69, 9.17) is 14.2 Å². The highest BCUT2D eigenvalue weighted by Gasteiger charge is 2.24. The van der Waals surface area contributed by atoms with Crippen LogP contribution in [0.2, 0.25) is 0 Å². The molecule has 0 spiro atoms. The number of ether oxygens (including phenoxy) is 3. The van der Waals surface area contributed by atoms with Gasteiger partial charge in [-0.1, -0.05) is 45.8 Å². The molecule has 0 bridgehead atoms. The standard InChI is InChI=1S/C26H21Br2NO4/c1-3-31-23-14-18(12-21(28)24(23)32-15-17-6-4-5-16(2)11-17)13-22-26(30)33-25(29-22)19-7-9-20(27)10-8-19/h4-14H,3,15H2,1-2H3/b22-13-. The van der Waals surface area contributed by atoms with Crippen molar-refractivity contribution in [1.29, 1.82) is 0 Å². The highest BCUT2D eigenvalue weighted by atomic mass is 79.9. The molecule has 0 unspecified atom stereocenters. The summed E-state index contributed by atoms with van der Waals surface area (Å²) in [4.78, 5) is 16.8. The lowest BCUT2D eigenvalue weighted by Gasteiger charge is -2.15. The van der Waals surface area contributed by atoms with Crippen molar-refractivity contribution in [3.63, 3.8) is 0 Å². The number of aryl methyl sites for hydroxylation is 1. The topological polar surface area (TPSA) is 57.1 Å². The molecule has 0 saturated carbocycles. The lowest BCUT2D eigenvalue weighted by atomic mass is 10.1. The zero-order chi connectivity index (χ0) is 23.4. The minimum absolute atomic E-state index is 0.218. The summed E-state index contributed by atoms with van der Waals surface area (Å²) in [7, 11) is 0. The van der Waals surface area contributed by atoms with Crippen molar-refractivity contribution in [2.45, 2.75) is 20.5 Å². The van der Waals surface area contributed by atoms with Crippen LogP contribution in [0.1, 0.15) is 29.2 Å². The maximum Gasteiger partial charge on any atom is 0.363 e. The summed E-state index contributed by atoms with van der Waals surface area (Å²) in [6, 6.07) is 19.3. The molecule has 0 N–H and O–H groups in total. The maximum absolute atomic E-state index is 12.4. The summed E-state index contributed by atoms with van der Waals surface area (Å²) < 4.78 is 18.9. The van der Waals surface area contributed by atoms with Crippen molar-refractivity contribution in [1.82, 2.24) is 0 Å². The Bertz CT molecular complexity index is 1250. The van der Waals surface area contributed by atoms with Gasteiger partial charge in [-0.3, -0.25) is 0 Å². The molecule has 0 atom stereocenters. The second-order valence-corrected chi connectivity index (χ2v) is 9.15. The number of carbonyl (C=O) groups excluding carboxylic acids is 1. The molecule has 1 aliphatic heterocycles. The first-order chi connectivity index (χ1) is 15.9. The Labute approximate surface area is 209 Å². The van der Waals surface area contributed by atoms with Gasteiger partial charge in [-0.15, -0.1) is 0 Å². The van der Waals surface area contributed by atoms with E-state index in [9.17, 15) is 4.79 Å². The maximum atomic E-state index is 12.4. The fourth-order valence-electron chi connectivity index (χ4n) is 3.31. The van der Waals surface area contributed by atoms with Crippen molar-refractivity contribution in [3.8, 4) is 11.5 Å². The van der Waals surface area contributed by atoms with E-state index in [2.05, 4.69) is 42.9 Å². The number of hydrogen-bond donors (Lipinski definition) is 0. The molecule has 1 aliphatic rings. The van der Waals surface area contributed by atoms with Gasteiger partial charge >= 0.3 is 5.97 Å². The molecule has 0 aromatic heterocycles. The smallest absolute Gasteiger partial charge is 0.363 e. The molecular formula is C26H21Br2NO4. The Kier molecular flexibility index (Phi) is 7.30. The Hall–Kier alpha value is -2.90. The van der Waals surface area contributed by atoms with Crippen LogP contribution < -0.4 is 9.47 Å². The normalized spacial score (nSPS) is 14.2. The van der Waals surface area contributed by atoms with Gasteiger partial charge in [0.1, 0.15) is 6.61 Å². The molecule has 0 fully saturated rings. The first kappa shape index (κ1) is 23.3. The average Bonchev–Trinajstić information content (AvgIpc) is 3.14. The third-order valence-corrected chi connectivity index (χ3v) is 5.93. The Morgan fingerprint density at radius 3 is 2.55 bits per heavy atom. The van der Waals surface area contributed by atoms with Crippen molar-refractivity contribution in [2.75, 3.05) is 6.61 Å². The lowest BCUT2D eigenvalue weighted by Crippen LogP contribution is -2.05. The molecule has 7 heteroatoms. The molecule has 33 heavy (non-hydrogen) atoms. The molecular weight excluding hydrogens is 550 g/mol. The zero-order valence-corrected chi connectivity index (χ0v) is 21.3. The van der Waals surface area contributed by atoms with Gasteiger partial charge in [-0.2, -0.15) is 0 Å². The minimum atomic E-state index is -0.498. The number of hydrogen-bond acceptors (Lipinski definition) is 5. The fourth-order valence-corrected chi connectivity index (χ4v) is 4.15. The molecule has 0 aliphatic carbocycles. The predicted octanol–water partition coefficient (Wildman–Crippen LogP) is 6.84. The quantitative estimate of drug-likeness (QED) is 0.230. The van der Waals surface area contributed by atoms with E-state index in [-0.39, 0.29) is 11.6 Å². The van der Waals surface area contributed by atoms with Crippen LogP contribution in [0.25, 0.3) is 6.08 Å². The van der Waals surface area contributed by atoms with Crippen LogP contribution in [-0.4, -0.2) is 18.5 Å². The summed E-state index contributed by atoms with van der Waals surface area (Å²) in [6.45, 7) is 4.84. The third kappa shape index (κ3) is 5.72. The highest BCUT2D eigenvalue weighted by Crippen LogP contribution is 2.38. The number of rotatable bonds is 7. The number of aliphatic imine (C=N–C) groups is 1. The predicted molar refractivity (Wildman–Crippen MR) is 136 cm³/mol. The Morgan fingerprint density at radius 1 is 1.03 bits per heavy atom. The van der Waals surface area contributed by atoms with Gasteiger partial charge in [-0.05, 0) is 83.4 Å². The van der Waals surface area contributed by atoms with Crippen LogP contribution in [0.3, 0.4) is 0 Å². The summed E-state index contributed by atoms with van der Waals surface area (Å²) in [5.74, 6) is 0.964. The second-order valence-electron chi connectivity index (χ2n) is 7.38. The van der Waals surface area contributed by atoms with E-state index in [0.717, 1.165) is 25.6 Å². The van der Waals surface area contributed by atoms with E-state index >= 15 is 0 Å². The Balaban J connectivity index is 1.61. The van der Waals surface area contributed by atoms with Crippen LogP contribution in [0.4, 0.5) is 0 Å². The van der Waals surface area contributed by atoms with E-state index < -0.39 is 5.97 Å². The molecule has 5 nitrogen and oxygen atoms in total. The SMILES string of the molecule is CCOc1cc(/C=C2\N=C(c3ccc(Br)cc3)OC2=O)cc(Br)c1OCc1cccc(C)c1. The Morgan fingerprint density at radius 2 is 1.82 bits per heavy atom. The molecule has 168 valence electrons. The number of esters is 1.